The fourth-order valence-electron chi connectivity index (χ4n) is 2.22. The Kier molecular flexibility index (Phi) is 4.28. The summed E-state index contributed by atoms with van der Waals surface area (Å²) in [6, 6.07) is 3.57. The van der Waals surface area contributed by atoms with Gasteiger partial charge in [-0.3, -0.25) is 4.79 Å². The van der Waals surface area contributed by atoms with Crippen molar-refractivity contribution < 1.29 is 14.3 Å². The molecule has 1 amide bonds. The van der Waals surface area contributed by atoms with Crippen molar-refractivity contribution in [2.45, 2.75) is 39.2 Å². The van der Waals surface area contributed by atoms with E-state index < -0.39 is 5.60 Å². The zero-order valence-electron chi connectivity index (χ0n) is 12.5. The predicted molar refractivity (Wildman–Crippen MR) is 76.9 cm³/mol. The predicted octanol–water partition coefficient (Wildman–Crippen LogP) is 2.54. The lowest BCUT2D eigenvalue weighted by Gasteiger charge is -2.27. The lowest BCUT2D eigenvalue weighted by Crippen LogP contribution is -2.44. The van der Waals surface area contributed by atoms with Crippen LogP contribution in [0.2, 0.25) is 0 Å². The standard InChI is InChI=1S/C15H22N2O3/c1-5-20-13-9-8-12(10(2)16-13)17-14(18)15(3,19-4)11-6-7-11/h8-9,11H,5-7H2,1-4H3,(H,17,18)/t15-/m0/s1. The van der Waals surface area contributed by atoms with Crippen LogP contribution >= 0.6 is 0 Å². The number of hydrogen-bond donors (Lipinski definition) is 1. The van der Waals surface area contributed by atoms with Crippen molar-refractivity contribution in [3.63, 3.8) is 0 Å². The van der Waals surface area contributed by atoms with Crippen LogP contribution in [-0.4, -0.2) is 30.2 Å². The summed E-state index contributed by atoms with van der Waals surface area (Å²) in [7, 11) is 1.58. The van der Waals surface area contributed by atoms with Crippen LogP contribution in [-0.2, 0) is 9.53 Å². The molecule has 1 aliphatic rings. The Morgan fingerprint density at radius 3 is 2.70 bits per heavy atom. The summed E-state index contributed by atoms with van der Waals surface area (Å²) >= 11 is 0. The smallest absolute Gasteiger partial charge is 0.256 e. The first-order valence-corrected chi connectivity index (χ1v) is 6.98. The quantitative estimate of drug-likeness (QED) is 0.868. The number of methoxy groups -OCH3 is 1. The number of carbonyl (C=O) groups excluding carboxylic acids is 1. The topological polar surface area (TPSA) is 60.5 Å². The number of anilines is 1. The highest BCUT2D eigenvalue weighted by Crippen LogP contribution is 2.42. The molecule has 1 N–H and O–H groups in total. The van der Waals surface area contributed by atoms with Gasteiger partial charge in [0.1, 0.15) is 5.60 Å². The summed E-state index contributed by atoms with van der Waals surface area (Å²) in [5.74, 6) is 0.764. The van der Waals surface area contributed by atoms with Crippen LogP contribution in [0.3, 0.4) is 0 Å². The largest absolute Gasteiger partial charge is 0.478 e. The van der Waals surface area contributed by atoms with Gasteiger partial charge in [-0.2, -0.15) is 0 Å². The van der Waals surface area contributed by atoms with E-state index in [0.29, 0.717) is 24.1 Å². The molecule has 0 spiro atoms. The van der Waals surface area contributed by atoms with Crippen LogP contribution in [0, 0.1) is 12.8 Å². The van der Waals surface area contributed by atoms with Crippen LogP contribution in [0.5, 0.6) is 5.88 Å². The minimum Gasteiger partial charge on any atom is -0.478 e. The van der Waals surface area contributed by atoms with E-state index in [9.17, 15) is 4.79 Å². The number of nitrogens with one attached hydrogen (secondary N) is 1. The van der Waals surface area contributed by atoms with Crippen molar-refractivity contribution in [3.8, 4) is 5.88 Å². The van der Waals surface area contributed by atoms with Crippen molar-refractivity contribution in [2.24, 2.45) is 5.92 Å². The van der Waals surface area contributed by atoms with Gasteiger partial charge in [0, 0.05) is 13.2 Å². The molecule has 20 heavy (non-hydrogen) atoms. The molecule has 110 valence electrons. The van der Waals surface area contributed by atoms with Crippen LogP contribution in [0.15, 0.2) is 12.1 Å². The molecule has 1 aromatic rings. The second-order valence-corrected chi connectivity index (χ2v) is 5.26. The first-order valence-electron chi connectivity index (χ1n) is 6.98. The molecule has 0 aromatic carbocycles. The molecule has 1 heterocycles. The number of amides is 1. The van der Waals surface area contributed by atoms with Gasteiger partial charge in [-0.05, 0) is 45.6 Å². The Balaban J connectivity index is 2.11. The first kappa shape index (κ1) is 14.8. The summed E-state index contributed by atoms with van der Waals surface area (Å²) in [5.41, 5.74) is 0.673. The molecule has 5 heteroatoms. The van der Waals surface area contributed by atoms with Gasteiger partial charge >= 0.3 is 0 Å². The van der Waals surface area contributed by atoms with Gasteiger partial charge < -0.3 is 14.8 Å². The lowest BCUT2D eigenvalue weighted by molar-refractivity contribution is -0.138. The molecule has 1 aromatic heterocycles. The molecular weight excluding hydrogens is 256 g/mol. The molecule has 1 atom stereocenters. The van der Waals surface area contributed by atoms with Crippen molar-refractivity contribution >= 4 is 11.6 Å². The van der Waals surface area contributed by atoms with Crippen molar-refractivity contribution in [1.82, 2.24) is 4.98 Å². The van der Waals surface area contributed by atoms with Crippen LogP contribution in [0.25, 0.3) is 0 Å². The van der Waals surface area contributed by atoms with E-state index in [0.717, 1.165) is 18.5 Å². The molecule has 2 rings (SSSR count). The second-order valence-electron chi connectivity index (χ2n) is 5.26. The van der Waals surface area contributed by atoms with Crippen molar-refractivity contribution in [3.05, 3.63) is 17.8 Å². The average Bonchev–Trinajstić information content (AvgIpc) is 3.26. The molecule has 0 saturated heterocycles. The third-order valence-corrected chi connectivity index (χ3v) is 3.83. The number of nitrogens with zero attached hydrogens (tertiary/aromatic N) is 1. The fourth-order valence-corrected chi connectivity index (χ4v) is 2.22. The Labute approximate surface area is 119 Å². The van der Waals surface area contributed by atoms with Crippen molar-refractivity contribution in [1.29, 1.82) is 0 Å². The van der Waals surface area contributed by atoms with E-state index in [2.05, 4.69) is 10.3 Å². The Morgan fingerprint density at radius 2 is 2.20 bits per heavy atom. The minimum atomic E-state index is -0.759. The van der Waals surface area contributed by atoms with Gasteiger partial charge in [0.25, 0.3) is 5.91 Å². The summed E-state index contributed by atoms with van der Waals surface area (Å²) in [6.45, 7) is 6.17. The maximum atomic E-state index is 12.4. The zero-order valence-corrected chi connectivity index (χ0v) is 12.5. The normalized spacial score (nSPS) is 17.4. The number of aryl methyl sites for hydroxylation is 1. The Hall–Kier alpha value is -1.62. The van der Waals surface area contributed by atoms with Crippen LogP contribution in [0.1, 0.15) is 32.4 Å². The monoisotopic (exact) mass is 278 g/mol. The number of rotatable bonds is 6. The summed E-state index contributed by atoms with van der Waals surface area (Å²) in [5, 5.41) is 2.91. The summed E-state index contributed by atoms with van der Waals surface area (Å²) in [6.07, 6.45) is 2.08. The molecule has 5 nitrogen and oxygen atoms in total. The highest BCUT2D eigenvalue weighted by atomic mass is 16.5. The number of aromatic nitrogens is 1. The van der Waals surface area contributed by atoms with E-state index in [1.54, 1.807) is 13.2 Å². The molecule has 0 bridgehead atoms. The molecule has 1 fully saturated rings. The lowest BCUT2D eigenvalue weighted by atomic mass is 9.99. The van der Waals surface area contributed by atoms with Crippen LogP contribution < -0.4 is 10.1 Å². The Bertz CT molecular complexity index is 500. The minimum absolute atomic E-state index is 0.114. The van der Waals surface area contributed by atoms with Gasteiger partial charge in [-0.15, -0.1) is 0 Å². The fraction of sp³-hybridized carbons (Fsp3) is 0.600. The molecule has 0 aliphatic heterocycles. The van der Waals surface area contributed by atoms with E-state index in [4.69, 9.17) is 9.47 Å². The zero-order chi connectivity index (χ0) is 14.8. The molecule has 1 saturated carbocycles. The Morgan fingerprint density at radius 1 is 1.50 bits per heavy atom. The second kappa shape index (κ2) is 5.79. The van der Waals surface area contributed by atoms with Gasteiger partial charge in [0.05, 0.1) is 18.0 Å². The van der Waals surface area contributed by atoms with E-state index in [1.807, 2.05) is 26.8 Å². The first-order chi connectivity index (χ1) is 9.51. The third-order valence-electron chi connectivity index (χ3n) is 3.83. The van der Waals surface area contributed by atoms with E-state index in [1.165, 1.54) is 0 Å². The SMILES string of the molecule is CCOc1ccc(NC(=O)[C@@](C)(OC)C2CC2)c(C)n1. The molecule has 1 aliphatic carbocycles. The molecule has 0 radical (unpaired) electrons. The van der Waals surface area contributed by atoms with Gasteiger partial charge in [0.15, 0.2) is 0 Å². The number of pyridine rings is 1. The van der Waals surface area contributed by atoms with Crippen molar-refractivity contribution in [2.75, 3.05) is 19.0 Å². The number of ether oxygens (including phenoxy) is 2. The number of hydrogen-bond acceptors (Lipinski definition) is 4. The number of carbonyl (C=O) groups is 1. The van der Waals surface area contributed by atoms with Gasteiger partial charge in [-0.1, -0.05) is 0 Å². The highest BCUT2D eigenvalue weighted by Gasteiger charge is 2.47. The molecular formula is C15H22N2O3. The summed E-state index contributed by atoms with van der Waals surface area (Å²) < 4.78 is 10.8. The van der Waals surface area contributed by atoms with Gasteiger partial charge in [0.2, 0.25) is 5.88 Å². The summed E-state index contributed by atoms with van der Waals surface area (Å²) in [4.78, 5) is 16.7. The maximum absolute atomic E-state index is 12.4. The van der Waals surface area contributed by atoms with Crippen LogP contribution in [0.4, 0.5) is 5.69 Å². The van der Waals surface area contributed by atoms with E-state index >= 15 is 0 Å². The highest BCUT2D eigenvalue weighted by molar-refractivity contribution is 5.98. The molecule has 0 unspecified atom stereocenters. The van der Waals surface area contributed by atoms with Gasteiger partial charge in [-0.25, -0.2) is 4.98 Å². The average molecular weight is 278 g/mol. The maximum Gasteiger partial charge on any atom is 0.256 e. The van der Waals surface area contributed by atoms with E-state index in [-0.39, 0.29) is 5.91 Å². The third kappa shape index (κ3) is 2.93.